The first-order chi connectivity index (χ1) is 13.1. The van der Waals surface area contributed by atoms with E-state index in [2.05, 4.69) is 46.3 Å². The fraction of sp³-hybridized carbons (Fsp3) is 0.600. The number of guanidine groups is 1. The van der Waals surface area contributed by atoms with Crippen LogP contribution in [0.5, 0.6) is 5.75 Å². The van der Waals surface area contributed by atoms with Gasteiger partial charge in [0.25, 0.3) is 5.91 Å². The lowest BCUT2D eigenvalue weighted by atomic mass is 10.2. The second-order valence-corrected chi connectivity index (χ2v) is 6.81. The van der Waals surface area contributed by atoms with E-state index in [4.69, 9.17) is 0 Å². The standard InChI is InChI=1S/C20H33N5O2/c1-4-21-20(24(3)15-16-9-8-14-25(16)5-2)23-13-12-22-19(27)17-10-6-7-11-18(17)26/h6-7,10-11,16,26H,4-5,8-9,12-15H2,1-3H3,(H,21,23)(H,22,27). The predicted octanol–water partition coefficient (Wildman–Crippen LogP) is 1.50. The van der Waals surface area contributed by atoms with Crippen LogP contribution in [0.15, 0.2) is 29.3 Å². The van der Waals surface area contributed by atoms with Gasteiger partial charge < -0.3 is 20.6 Å². The molecule has 1 amide bonds. The Morgan fingerprint density at radius 2 is 2.11 bits per heavy atom. The van der Waals surface area contributed by atoms with Gasteiger partial charge in [-0.1, -0.05) is 19.1 Å². The molecule has 1 aliphatic heterocycles. The zero-order valence-electron chi connectivity index (χ0n) is 16.7. The van der Waals surface area contributed by atoms with Crippen LogP contribution in [-0.4, -0.2) is 79.1 Å². The summed E-state index contributed by atoms with van der Waals surface area (Å²) in [6.07, 6.45) is 2.49. The lowest BCUT2D eigenvalue weighted by molar-refractivity contribution is 0.0952. The second-order valence-electron chi connectivity index (χ2n) is 6.81. The normalized spacial score (nSPS) is 17.7. The van der Waals surface area contributed by atoms with E-state index in [1.165, 1.54) is 25.5 Å². The number of para-hydroxylation sites is 1. The van der Waals surface area contributed by atoms with Gasteiger partial charge in [0, 0.05) is 32.7 Å². The summed E-state index contributed by atoms with van der Waals surface area (Å²) < 4.78 is 0. The first kappa shape index (κ1) is 21.0. The number of benzene rings is 1. The van der Waals surface area contributed by atoms with Crippen molar-refractivity contribution in [3.05, 3.63) is 29.8 Å². The molecule has 0 aromatic heterocycles. The van der Waals surface area contributed by atoms with Crippen LogP contribution in [0, 0.1) is 0 Å². The Bertz CT molecular complexity index is 635. The molecule has 0 radical (unpaired) electrons. The molecule has 1 aromatic rings. The zero-order chi connectivity index (χ0) is 19.6. The SMILES string of the molecule is CCNC(=NCCNC(=O)c1ccccc1O)N(C)CC1CCCN1CC. The maximum Gasteiger partial charge on any atom is 0.255 e. The topological polar surface area (TPSA) is 80.2 Å². The molecule has 7 heteroatoms. The maximum absolute atomic E-state index is 12.1. The Kier molecular flexibility index (Phi) is 8.39. The average molecular weight is 376 g/mol. The predicted molar refractivity (Wildman–Crippen MR) is 109 cm³/mol. The van der Waals surface area contributed by atoms with E-state index in [1.54, 1.807) is 18.2 Å². The number of aliphatic imine (C=N–C) groups is 1. The van der Waals surface area contributed by atoms with Crippen LogP contribution in [-0.2, 0) is 0 Å². The number of likely N-dealkylation sites (N-methyl/N-ethyl adjacent to an activating group) is 2. The molecule has 2 rings (SSSR count). The molecule has 0 saturated carbocycles. The van der Waals surface area contributed by atoms with Gasteiger partial charge in [-0.15, -0.1) is 0 Å². The van der Waals surface area contributed by atoms with Gasteiger partial charge >= 0.3 is 0 Å². The van der Waals surface area contributed by atoms with E-state index in [-0.39, 0.29) is 17.2 Å². The molecule has 1 fully saturated rings. The quantitative estimate of drug-likeness (QED) is 0.365. The number of nitrogens with one attached hydrogen (secondary N) is 2. The van der Waals surface area contributed by atoms with E-state index in [0.29, 0.717) is 19.1 Å². The summed E-state index contributed by atoms with van der Waals surface area (Å²) in [4.78, 5) is 21.4. The summed E-state index contributed by atoms with van der Waals surface area (Å²) in [5.74, 6) is 0.562. The molecule has 1 atom stereocenters. The summed E-state index contributed by atoms with van der Waals surface area (Å²) in [6, 6.07) is 7.11. The molecule has 0 aliphatic carbocycles. The highest BCUT2D eigenvalue weighted by atomic mass is 16.3. The van der Waals surface area contributed by atoms with E-state index in [9.17, 15) is 9.90 Å². The highest BCUT2D eigenvalue weighted by molar-refractivity contribution is 5.96. The van der Waals surface area contributed by atoms with Crippen molar-refractivity contribution in [1.29, 1.82) is 0 Å². The maximum atomic E-state index is 12.1. The van der Waals surface area contributed by atoms with Gasteiger partial charge in [-0.2, -0.15) is 0 Å². The van der Waals surface area contributed by atoms with E-state index in [0.717, 1.165) is 25.6 Å². The molecular formula is C20H33N5O2. The molecule has 1 aromatic carbocycles. The summed E-state index contributed by atoms with van der Waals surface area (Å²) in [7, 11) is 2.06. The average Bonchev–Trinajstić information content (AvgIpc) is 3.11. The number of aromatic hydroxyl groups is 1. The number of rotatable bonds is 8. The number of nitrogens with zero attached hydrogens (tertiary/aromatic N) is 3. The van der Waals surface area contributed by atoms with E-state index >= 15 is 0 Å². The van der Waals surface area contributed by atoms with Gasteiger partial charge in [-0.05, 0) is 45.0 Å². The van der Waals surface area contributed by atoms with Gasteiger partial charge in [0.2, 0.25) is 0 Å². The summed E-state index contributed by atoms with van der Waals surface area (Å²) in [6.45, 7) is 9.18. The Hall–Kier alpha value is -2.28. The molecular weight excluding hydrogens is 342 g/mol. The van der Waals surface area contributed by atoms with Gasteiger partial charge in [-0.25, -0.2) is 0 Å². The van der Waals surface area contributed by atoms with Crippen molar-refractivity contribution in [2.75, 3.05) is 46.3 Å². The summed E-state index contributed by atoms with van der Waals surface area (Å²) in [5, 5.41) is 15.9. The first-order valence-corrected chi connectivity index (χ1v) is 9.86. The van der Waals surface area contributed by atoms with E-state index in [1.807, 2.05) is 0 Å². The van der Waals surface area contributed by atoms with Crippen molar-refractivity contribution in [3.8, 4) is 5.75 Å². The molecule has 0 bridgehead atoms. The van der Waals surface area contributed by atoms with Crippen LogP contribution in [0.4, 0.5) is 0 Å². The number of hydrogen-bond donors (Lipinski definition) is 3. The Labute approximate surface area is 162 Å². The number of carbonyl (C=O) groups excluding carboxylic acids is 1. The van der Waals surface area contributed by atoms with Crippen LogP contribution in [0.1, 0.15) is 37.0 Å². The molecule has 1 heterocycles. The van der Waals surface area contributed by atoms with Gasteiger partial charge in [0.1, 0.15) is 5.75 Å². The third kappa shape index (κ3) is 6.13. The molecule has 0 spiro atoms. The smallest absolute Gasteiger partial charge is 0.255 e. The molecule has 150 valence electrons. The molecule has 3 N–H and O–H groups in total. The third-order valence-electron chi connectivity index (χ3n) is 4.89. The summed E-state index contributed by atoms with van der Waals surface area (Å²) in [5.41, 5.74) is 0.284. The second kappa shape index (κ2) is 10.8. The Balaban J connectivity index is 1.85. The third-order valence-corrected chi connectivity index (χ3v) is 4.89. The summed E-state index contributed by atoms with van der Waals surface area (Å²) >= 11 is 0. The molecule has 27 heavy (non-hydrogen) atoms. The molecule has 1 unspecified atom stereocenters. The minimum absolute atomic E-state index is 0.0105. The van der Waals surface area contributed by atoms with Gasteiger partial charge in [-0.3, -0.25) is 14.7 Å². The van der Waals surface area contributed by atoms with Crippen LogP contribution in [0.2, 0.25) is 0 Å². The Morgan fingerprint density at radius 1 is 1.33 bits per heavy atom. The van der Waals surface area contributed by atoms with Crippen molar-refractivity contribution in [2.45, 2.75) is 32.7 Å². The highest BCUT2D eigenvalue weighted by Gasteiger charge is 2.24. The minimum atomic E-state index is -0.286. The van der Waals surface area contributed by atoms with Crippen LogP contribution in [0.3, 0.4) is 0 Å². The van der Waals surface area contributed by atoms with Gasteiger partial charge in [0.05, 0.1) is 12.1 Å². The molecule has 1 aliphatic rings. The highest BCUT2D eigenvalue weighted by Crippen LogP contribution is 2.17. The number of hydrogen-bond acceptors (Lipinski definition) is 4. The Morgan fingerprint density at radius 3 is 2.81 bits per heavy atom. The van der Waals surface area contributed by atoms with Crippen molar-refractivity contribution in [2.24, 2.45) is 4.99 Å². The largest absolute Gasteiger partial charge is 0.507 e. The van der Waals surface area contributed by atoms with Crippen LogP contribution < -0.4 is 10.6 Å². The van der Waals surface area contributed by atoms with Crippen molar-refractivity contribution in [3.63, 3.8) is 0 Å². The number of carbonyl (C=O) groups is 1. The lowest BCUT2D eigenvalue weighted by Crippen LogP contribution is -2.46. The molecule has 1 saturated heterocycles. The number of likely N-dealkylation sites (tertiary alicyclic amines) is 1. The van der Waals surface area contributed by atoms with Crippen LogP contribution >= 0.6 is 0 Å². The fourth-order valence-corrected chi connectivity index (χ4v) is 3.48. The number of phenolic OH excluding ortho intramolecular Hbond substituents is 1. The number of amides is 1. The number of phenols is 1. The van der Waals surface area contributed by atoms with Crippen LogP contribution in [0.25, 0.3) is 0 Å². The van der Waals surface area contributed by atoms with Crippen molar-refractivity contribution in [1.82, 2.24) is 20.4 Å². The molecule has 7 nitrogen and oxygen atoms in total. The van der Waals surface area contributed by atoms with E-state index < -0.39 is 0 Å². The van der Waals surface area contributed by atoms with Crippen molar-refractivity contribution < 1.29 is 9.90 Å². The van der Waals surface area contributed by atoms with Gasteiger partial charge in [0.15, 0.2) is 5.96 Å². The first-order valence-electron chi connectivity index (χ1n) is 9.86. The minimum Gasteiger partial charge on any atom is -0.507 e. The monoisotopic (exact) mass is 375 g/mol. The zero-order valence-corrected chi connectivity index (χ0v) is 16.7. The fourth-order valence-electron chi connectivity index (χ4n) is 3.48. The van der Waals surface area contributed by atoms with Crippen molar-refractivity contribution >= 4 is 11.9 Å². The lowest BCUT2D eigenvalue weighted by Gasteiger charge is -2.29.